The molecule has 2 atom stereocenters. The zero-order valence-corrected chi connectivity index (χ0v) is 12.4. The van der Waals surface area contributed by atoms with Crippen LogP contribution in [0.25, 0.3) is 0 Å². The van der Waals surface area contributed by atoms with Crippen LogP contribution in [0.5, 0.6) is 0 Å². The zero-order chi connectivity index (χ0) is 13.3. The van der Waals surface area contributed by atoms with E-state index in [9.17, 15) is 9.90 Å². The fourth-order valence-electron chi connectivity index (χ4n) is 2.83. The molecule has 0 amide bonds. The standard InChI is InChI=1S/C14H19NO2S2/c16-13(17)14(15-10-5-6-10)7-1-3-11(9-14)19-12-4-2-8-18-12/h2,4,8,10-11,15H,1,3,5-7,9H2,(H,16,17). The number of rotatable bonds is 5. The summed E-state index contributed by atoms with van der Waals surface area (Å²) in [4.78, 5) is 11.7. The van der Waals surface area contributed by atoms with E-state index in [1.165, 1.54) is 4.21 Å². The van der Waals surface area contributed by atoms with Crippen molar-refractivity contribution in [2.75, 3.05) is 0 Å². The van der Waals surface area contributed by atoms with Gasteiger partial charge in [-0.15, -0.1) is 23.1 Å². The topological polar surface area (TPSA) is 49.3 Å². The minimum absolute atomic E-state index is 0.426. The average molecular weight is 297 g/mol. The lowest BCUT2D eigenvalue weighted by molar-refractivity contribution is -0.146. The van der Waals surface area contributed by atoms with Crippen molar-refractivity contribution < 1.29 is 9.90 Å². The third-order valence-corrected chi connectivity index (χ3v) is 6.29. The van der Waals surface area contributed by atoms with Crippen molar-refractivity contribution in [1.82, 2.24) is 5.32 Å². The van der Waals surface area contributed by atoms with Crippen molar-refractivity contribution in [3.63, 3.8) is 0 Å². The molecule has 0 aliphatic heterocycles. The SMILES string of the molecule is O=C(O)C1(NC2CC2)CCCC(Sc2cccs2)C1. The first kappa shape index (κ1) is 13.5. The highest BCUT2D eigenvalue weighted by molar-refractivity contribution is 8.01. The van der Waals surface area contributed by atoms with Crippen LogP contribution in [0.4, 0.5) is 0 Å². The minimum Gasteiger partial charge on any atom is -0.480 e. The van der Waals surface area contributed by atoms with E-state index in [1.54, 1.807) is 11.3 Å². The molecule has 0 saturated heterocycles. The number of aliphatic carboxylic acids is 1. The van der Waals surface area contributed by atoms with E-state index in [-0.39, 0.29) is 0 Å². The summed E-state index contributed by atoms with van der Waals surface area (Å²) < 4.78 is 1.30. The predicted octanol–water partition coefficient (Wildman–Crippen LogP) is 3.36. The maximum absolute atomic E-state index is 11.7. The number of nitrogens with one attached hydrogen (secondary N) is 1. The molecule has 0 aromatic carbocycles. The van der Waals surface area contributed by atoms with Crippen LogP contribution in [-0.2, 0) is 4.79 Å². The summed E-state index contributed by atoms with van der Waals surface area (Å²) in [5.74, 6) is -0.657. The summed E-state index contributed by atoms with van der Waals surface area (Å²) in [5.41, 5.74) is -0.672. The summed E-state index contributed by atoms with van der Waals surface area (Å²) in [6, 6.07) is 4.63. The van der Waals surface area contributed by atoms with Gasteiger partial charge in [-0.3, -0.25) is 10.1 Å². The second-order valence-electron chi connectivity index (χ2n) is 5.57. The summed E-state index contributed by atoms with van der Waals surface area (Å²) in [7, 11) is 0. The van der Waals surface area contributed by atoms with Crippen molar-refractivity contribution in [3.8, 4) is 0 Å². The number of carbonyl (C=O) groups is 1. The van der Waals surface area contributed by atoms with Crippen LogP contribution in [0.15, 0.2) is 21.7 Å². The van der Waals surface area contributed by atoms with E-state index in [0.29, 0.717) is 11.3 Å². The Kier molecular flexibility index (Phi) is 3.87. The molecule has 0 spiro atoms. The lowest BCUT2D eigenvalue weighted by Gasteiger charge is -2.38. The van der Waals surface area contributed by atoms with Gasteiger partial charge in [-0.2, -0.15) is 0 Å². The molecule has 2 aliphatic rings. The normalized spacial score (nSPS) is 31.3. The van der Waals surface area contributed by atoms with Gasteiger partial charge in [-0.05, 0) is 50.0 Å². The molecule has 2 N–H and O–H groups in total. The second-order valence-corrected chi connectivity index (χ2v) is 8.12. The Morgan fingerprint density at radius 1 is 1.47 bits per heavy atom. The molecule has 1 aromatic rings. The maximum Gasteiger partial charge on any atom is 0.323 e. The molecule has 2 unspecified atom stereocenters. The number of thiophene rings is 1. The Balaban J connectivity index is 1.68. The summed E-state index contributed by atoms with van der Waals surface area (Å²) >= 11 is 3.60. The van der Waals surface area contributed by atoms with Crippen LogP contribution in [0.1, 0.15) is 38.5 Å². The van der Waals surface area contributed by atoms with Gasteiger partial charge in [-0.25, -0.2) is 0 Å². The Bertz CT molecular complexity index is 444. The van der Waals surface area contributed by atoms with Gasteiger partial charge in [0.15, 0.2) is 0 Å². The molecule has 3 rings (SSSR count). The van der Waals surface area contributed by atoms with Crippen LogP contribution >= 0.6 is 23.1 Å². The van der Waals surface area contributed by atoms with Crippen molar-refractivity contribution >= 4 is 29.1 Å². The van der Waals surface area contributed by atoms with Crippen LogP contribution in [0.2, 0.25) is 0 Å². The number of hydrogen-bond acceptors (Lipinski definition) is 4. The molecule has 0 bridgehead atoms. The van der Waals surface area contributed by atoms with E-state index < -0.39 is 11.5 Å². The van der Waals surface area contributed by atoms with Crippen molar-refractivity contribution in [2.45, 2.75) is 59.6 Å². The molecule has 2 aliphatic carbocycles. The fourth-order valence-corrected chi connectivity index (χ4v) is 5.21. The molecule has 5 heteroatoms. The fraction of sp³-hybridized carbons (Fsp3) is 0.643. The van der Waals surface area contributed by atoms with E-state index in [2.05, 4.69) is 22.8 Å². The average Bonchev–Trinajstić information content (AvgIpc) is 3.03. The Morgan fingerprint density at radius 3 is 2.95 bits per heavy atom. The number of carboxylic acids is 1. The minimum atomic E-state index is -0.672. The number of hydrogen-bond donors (Lipinski definition) is 2. The number of thioether (sulfide) groups is 1. The molecule has 0 radical (unpaired) electrons. The maximum atomic E-state index is 11.7. The Labute approximate surface area is 121 Å². The van der Waals surface area contributed by atoms with Crippen LogP contribution < -0.4 is 5.32 Å². The van der Waals surface area contributed by atoms with Gasteiger partial charge < -0.3 is 5.11 Å². The van der Waals surface area contributed by atoms with Crippen molar-refractivity contribution in [2.24, 2.45) is 0 Å². The largest absolute Gasteiger partial charge is 0.480 e. The molecule has 2 fully saturated rings. The van der Waals surface area contributed by atoms with E-state index in [0.717, 1.165) is 38.5 Å². The van der Waals surface area contributed by atoms with Gasteiger partial charge in [0.1, 0.15) is 5.54 Å². The molecule has 3 nitrogen and oxygen atoms in total. The monoisotopic (exact) mass is 297 g/mol. The van der Waals surface area contributed by atoms with Gasteiger partial charge in [-0.1, -0.05) is 6.07 Å². The first-order valence-corrected chi connectivity index (χ1v) is 8.65. The molecule has 1 heterocycles. The molecule has 104 valence electrons. The van der Waals surface area contributed by atoms with Crippen LogP contribution in [0.3, 0.4) is 0 Å². The quantitative estimate of drug-likeness (QED) is 0.875. The summed E-state index contributed by atoms with van der Waals surface area (Å²) in [6.07, 6.45) is 5.94. The Morgan fingerprint density at radius 2 is 2.32 bits per heavy atom. The van der Waals surface area contributed by atoms with E-state index in [1.807, 2.05) is 11.8 Å². The smallest absolute Gasteiger partial charge is 0.323 e. The van der Waals surface area contributed by atoms with Gasteiger partial charge in [0.05, 0.1) is 4.21 Å². The highest BCUT2D eigenvalue weighted by Gasteiger charge is 2.46. The van der Waals surface area contributed by atoms with Gasteiger partial charge in [0, 0.05) is 11.3 Å². The second kappa shape index (κ2) is 5.46. The van der Waals surface area contributed by atoms with Gasteiger partial charge in [0.25, 0.3) is 0 Å². The van der Waals surface area contributed by atoms with E-state index in [4.69, 9.17) is 0 Å². The molecule has 1 aromatic heterocycles. The van der Waals surface area contributed by atoms with Crippen LogP contribution in [-0.4, -0.2) is 27.9 Å². The molecular weight excluding hydrogens is 278 g/mol. The molecule has 19 heavy (non-hydrogen) atoms. The number of carboxylic acid groups (broad SMARTS) is 1. The van der Waals surface area contributed by atoms with Crippen molar-refractivity contribution in [1.29, 1.82) is 0 Å². The van der Waals surface area contributed by atoms with Gasteiger partial charge in [0.2, 0.25) is 0 Å². The van der Waals surface area contributed by atoms with Crippen LogP contribution in [0, 0.1) is 0 Å². The molecular formula is C14H19NO2S2. The van der Waals surface area contributed by atoms with E-state index >= 15 is 0 Å². The predicted molar refractivity (Wildman–Crippen MR) is 79.0 cm³/mol. The first-order chi connectivity index (χ1) is 9.18. The third-order valence-electron chi connectivity index (χ3n) is 3.95. The lowest BCUT2D eigenvalue weighted by atomic mass is 9.81. The lowest BCUT2D eigenvalue weighted by Crippen LogP contribution is -2.56. The molecule has 2 saturated carbocycles. The summed E-state index contributed by atoms with van der Waals surface area (Å²) in [5, 5.41) is 15.6. The highest BCUT2D eigenvalue weighted by Crippen LogP contribution is 2.41. The van der Waals surface area contributed by atoms with Gasteiger partial charge >= 0.3 is 5.97 Å². The third kappa shape index (κ3) is 3.15. The van der Waals surface area contributed by atoms with Crippen molar-refractivity contribution in [3.05, 3.63) is 17.5 Å². The zero-order valence-electron chi connectivity index (χ0n) is 10.8. The highest BCUT2D eigenvalue weighted by atomic mass is 32.2. The summed E-state index contributed by atoms with van der Waals surface area (Å²) in [6.45, 7) is 0. The first-order valence-electron chi connectivity index (χ1n) is 6.89. The Hall–Kier alpha value is -0.520.